The third-order valence-electron chi connectivity index (χ3n) is 4.79. The van der Waals surface area contributed by atoms with Gasteiger partial charge in [0.05, 0.1) is 12.2 Å². The van der Waals surface area contributed by atoms with E-state index in [9.17, 15) is 0 Å². The number of piperidine rings is 1. The molecule has 118 valence electrons. The van der Waals surface area contributed by atoms with Gasteiger partial charge in [0.1, 0.15) is 0 Å². The third-order valence-corrected chi connectivity index (χ3v) is 4.79. The third kappa shape index (κ3) is 5.34. The van der Waals surface area contributed by atoms with Gasteiger partial charge in [-0.15, -0.1) is 0 Å². The monoisotopic (exact) mass is 282 g/mol. The summed E-state index contributed by atoms with van der Waals surface area (Å²) in [5.41, 5.74) is 0.552. The second-order valence-corrected chi connectivity index (χ2v) is 7.97. The molecule has 0 bridgehead atoms. The van der Waals surface area contributed by atoms with Gasteiger partial charge in [-0.2, -0.15) is 0 Å². The number of hydrogen-bond donors (Lipinski definition) is 1. The molecule has 0 radical (unpaired) electrons. The van der Waals surface area contributed by atoms with Crippen LogP contribution in [0.15, 0.2) is 0 Å². The van der Waals surface area contributed by atoms with Crippen LogP contribution < -0.4 is 5.32 Å². The zero-order valence-corrected chi connectivity index (χ0v) is 14.0. The van der Waals surface area contributed by atoms with Gasteiger partial charge in [-0.25, -0.2) is 0 Å². The average molecular weight is 282 g/mol. The fraction of sp³-hybridized carbons (Fsp3) is 1.00. The minimum atomic E-state index is 0.444. The molecule has 2 atom stereocenters. The van der Waals surface area contributed by atoms with Crippen LogP contribution in [-0.4, -0.2) is 49.8 Å². The Morgan fingerprint density at radius 3 is 2.45 bits per heavy atom. The Morgan fingerprint density at radius 1 is 1.15 bits per heavy atom. The summed E-state index contributed by atoms with van der Waals surface area (Å²) >= 11 is 0. The van der Waals surface area contributed by atoms with Crippen LogP contribution >= 0.6 is 0 Å². The van der Waals surface area contributed by atoms with Gasteiger partial charge >= 0.3 is 0 Å². The number of nitrogens with one attached hydrogen (secondary N) is 1. The Bertz CT molecular complexity index is 281. The molecular formula is C17H34N2O. The van der Waals surface area contributed by atoms with Gasteiger partial charge < -0.3 is 15.0 Å². The molecular weight excluding hydrogens is 248 g/mol. The molecule has 0 aromatic carbocycles. The Labute approximate surface area is 125 Å². The summed E-state index contributed by atoms with van der Waals surface area (Å²) in [5.74, 6) is 0.726. The summed E-state index contributed by atoms with van der Waals surface area (Å²) in [4.78, 5) is 2.61. The largest absolute Gasteiger partial charge is 0.372 e. The first-order chi connectivity index (χ1) is 9.44. The first-order valence-electron chi connectivity index (χ1n) is 8.53. The first kappa shape index (κ1) is 16.3. The average Bonchev–Trinajstić information content (AvgIpc) is 2.79. The number of rotatable bonds is 6. The van der Waals surface area contributed by atoms with E-state index in [2.05, 4.69) is 37.9 Å². The highest BCUT2D eigenvalue weighted by Gasteiger charge is 2.30. The first-order valence-corrected chi connectivity index (χ1v) is 8.53. The fourth-order valence-electron chi connectivity index (χ4n) is 3.23. The molecule has 2 unspecified atom stereocenters. The van der Waals surface area contributed by atoms with E-state index in [4.69, 9.17) is 4.74 Å². The van der Waals surface area contributed by atoms with Crippen molar-refractivity contribution in [2.75, 3.05) is 32.7 Å². The van der Waals surface area contributed by atoms with Crippen LogP contribution in [0.25, 0.3) is 0 Å². The Hall–Kier alpha value is -0.120. The van der Waals surface area contributed by atoms with Crippen molar-refractivity contribution >= 4 is 0 Å². The molecule has 0 spiro atoms. The molecule has 20 heavy (non-hydrogen) atoms. The normalized spacial score (nSPS) is 31.1. The van der Waals surface area contributed by atoms with Crippen molar-refractivity contribution in [3.8, 4) is 0 Å². The van der Waals surface area contributed by atoms with Crippen molar-refractivity contribution in [1.29, 1.82) is 0 Å². The van der Waals surface area contributed by atoms with E-state index in [1.54, 1.807) is 0 Å². The second-order valence-electron chi connectivity index (χ2n) is 7.97. The molecule has 2 aliphatic rings. The van der Waals surface area contributed by atoms with Crippen LogP contribution in [0.2, 0.25) is 0 Å². The molecule has 0 aromatic rings. The van der Waals surface area contributed by atoms with Crippen molar-refractivity contribution in [2.24, 2.45) is 11.3 Å². The smallest absolute Gasteiger partial charge is 0.0707 e. The van der Waals surface area contributed by atoms with E-state index in [1.165, 1.54) is 38.8 Å². The van der Waals surface area contributed by atoms with Crippen LogP contribution in [-0.2, 0) is 4.74 Å². The molecule has 2 heterocycles. The molecule has 0 saturated carbocycles. The van der Waals surface area contributed by atoms with Gasteiger partial charge in [-0.05, 0) is 56.7 Å². The van der Waals surface area contributed by atoms with Gasteiger partial charge in [0, 0.05) is 13.1 Å². The summed E-state index contributed by atoms with van der Waals surface area (Å²) in [6, 6.07) is 0. The van der Waals surface area contributed by atoms with Crippen molar-refractivity contribution in [2.45, 2.75) is 65.6 Å². The van der Waals surface area contributed by atoms with E-state index >= 15 is 0 Å². The van der Waals surface area contributed by atoms with E-state index in [1.807, 2.05) is 0 Å². The highest BCUT2D eigenvalue weighted by molar-refractivity contribution is 4.83. The topological polar surface area (TPSA) is 24.5 Å². The summed E-state index contributed by atoms with van der Waals surface area (Å²) in [5, 5.41) is 3.52. The number of ether oxygens (including phenoxy) is 1. The quantitative estimate of drug-likeness (QED) is 0.811. The molecule has 3 heteroatoms. The van der Waals surface area contributed by atoms with E-state index in [-0.39, 0.29) is 0 Å². The molecule has 0 aliphatic carbocycles. The zero-order chi connectivity index (χ0) is 14.6. The van der Waals surface area contributed by atoms with Crippen LogP contribution in [0.1, 0.15) is 53.4 Å². The predicted octanol–water partition coefficient (Wildman–Crippen LogP) is 2.90. The molecule has 0 amide bonds. The van der Waals surface area contributed by atoms with Crippen molar-refractivity contribution in [1.82, 2.24) is 10.2 Å². The lowest BCUT2D eigenvalue weighted by atomic mass is 9.82. The minimum Gasteiger partial charge on any atom is -0.372 e. The number of likely N-dealkylation sites (tertiary alicyclic amines) is 1. The lowest BCUT2D eigenvalue weighted by Gasteiger charge is -2.37. The molecule has 0 aromatic heterocycles. The van der Waals surface area contributed by atoms with E-state index in [0.29, 0.717) is 17.6 Å². The van der Waals surface area contributed by atoms with Crippen molar-refractivity contribution in [3.63, 3.8) is 0 Å². The predicted molar refractivity (Wildman–Crippen MR) is 85.1 cm³/mol. The minimum absolute atomic E-state index is 0.444. The molecule has 3 nitrogen and oxygen atoms in total. The lowest BCUT2D eigenvalue weighted by molar-refractivity contribution is 0.0112. The zero-order valence-electron chi connectivity index (χ0n) is 14.0. The Morgan fingerprint density at radius 2 is 1.80 bits per heavy atom. The van der Waals surface area contributed by atoms with Crippen LogP contribution in [0.4, 0.5) is 0 Å². The maximum atomic E-state index is 6.19. The van der Waals surface area contributed by atoms with Gasteiger partial charge in [0.15, 0.2) is 0 Å². The Balaban J connectivity index is 1.61. The van der Waals surface area contributed by atoms with Gasteiger partial charge in [-0.1, -0.05) is 27.7 Å². The van der Waals surface area contributed by atoms with Gasteiger partial charge in [0.25, 0.3) is 0 Å². The molecule has 2 fully saturated rings. The summed E-state index contributed by atoms with van der Waals surface area (Å²) < 4.78 is 6.19. The Kier molecular flexibility index (Phi) is 5.88. The summed E-state index contributed by atoms with van der Waals surface area (Å²) in [6.45, 7) is 15.1. The van der Waals surface area contributed by atoms with Crippen molar-refractivity contribution < 1.29 is 4.74 Å². The maximum absolute atomic E-state index is 6.19. The maximum Gasteiger partial charge on any atom is 0.0707 e. The molecule has 2 aliphatic heterocycles. The molecule has 1 N–H and O–H groups in total. The van der Waals surface area contributed by atoms with Gasteiger partial charge in [0.2, 0.25) is 0 Å². The van der Waals surface area contributed by atoms with Crippen LogP contribution in [0.3, 0.4) is 0 Å². The number of hydrogen-bond acceptors (Lipinski definition) is 3. The summed E-state index contributed by atoms with van der Waals surface area (Å²) in [6.07, 6.45) is 6.06. The second kappa shape index (κ2) is 7.24. The number of nitrogens with zero attached hydrogens (tertiary/aromatic N) is 1. The highest BCUT2D eigenvalue weighted by atomic mass is 16.5. The molecule has 2 rings (SSSR count). The van der Waals surface area contributed by atoms with E-state index < -0.39 is 0 Å². The summed E-state index contributed by atoms with van der Waals surface area (Å²) in [7, 11) is 0. The van der Waals surface area contributed by atoms with Crippen LogP contribution in [0.5, 0.6) is 0 Å². The SMILES string of the molecule is CC(C)CNCC1CCC(CN2CCC(C)(C)CC2)O1. The lowest BCUT2D eigenvalue weighted by Crippen LogP contribution is -2.41. The van der Waals surface area contributed by atoms with E-state index in [0.717, 1.165) is 25.6 Å². The molecule has 2 saturated heterocycles. The van der Waals surface area contributed by atoms with Gasteiger partial charge in [-0.3, -0.25) is 0 Å². The van der Waals surface area contributed by atoms with Crippen molar-refractivity contribution in [3.05, 3.63) is 0 Å². The standard InChI is InChI=1S/C17H34N2O/c1-14(2)11-18-12-15-5-6-16(20-15)13-19-9-7-17(3,4)8-10-19/h14-16,18H,5-13H2,1-4H3. The highest BCUT2D eigenvalue weighted by Crippen LogP contribution is 2.30. The fourth-order valence-corrected chi connectivity index (χ4v) is 3.23. The van der Waals surface area contributed by atoms with Crippen LogP contribution in [0, 0.1) is 11.3 Å².